The van der Waals surface area contributed by atoms with Crippen molar-refractivity contribution in [1.82, 2.24) is 9.55 Å². The molecule has 0 spiro atoms. The Morgan fingerprint density at radius 3 is 2.69 bits per heavy atom. The number of hydrogen-bond acceptors (Lipinski definition) is 4. The predicted molar refractivity (Wildman–Crippen MR) is 112 cm³/mol. The molecule has 1 aliphatic carbocycles. The minimum atomic E-state index is -1.50. The molecular weight excluding hydrogens is 464 g/mol. The van der Waals surface area contributed by atoms with Gasteiger partial charge in [0.1, 0.15) is 0 Å². The Morgan fingerprint density at radius 2 is 2.07 bits per heavy atom. The molecule has 1 aromatic heterocycles. The van der Waals surface area contributed by atoms with Gasteiger partial charge in [0.15, 0.2) is 5.06 Å². The molecule has 7 nitrogen and oxygen atoms in total. The number of nitrogens with zero attached hydrogens (tertiary/aromatic N) is 3. The number of alkyl halides is 1. The molecule has 2 aromatic rings. The lowest BCUT2D eigenvalue weighted by atomic mass is 9.93. The zero-order chi connectivity index (χ0) is 21.4. The summed E-state index contributed by atoms with van der Waals surface area (Å²) in [6, 6.07) is 5.28. The van der Waals surface area contributed by atoms with Crippen molar-refractivity contribution in [1.29, 1.82) is 0 Å². The van der Waals surface area contributed by atoms with E-state index in [0.717, 1.165) is 18.5 Å². The molecule has 11 heteroatoms. The van der Waals surface area contributed by atoms with E-state index in [-0.39, 0.29) is 12.5 Å². The third kappa shape index (κ3) is 7.53. The lowest BCUT2D eigenvalue weighted by molar-refractivity contribution is -0.742. The van der Waals surface area contributed by atoms with Crippen molar-refractivity contribution in [3.8, 4) is 0 Å². The van der Waals surface area contributed by atoms with Crippen molar-refractivity contribution in [3.63, 3.8) is 0 Å². The lowest BCUT2D eigenvalue weighted by Gasteiger charge is -2.33. The predicted octanol–water partition coefficient (Wildman–Crippen LogP) is 5.69. The highest BCUT2D eigenvalue weighted by atomic mass is 35.5. The maximum Gasteiger partial charge on any atom is 0.291 e. The second kappa shape index (κ2) is 10.8. The van der Waals surface area contributed by atoms with Crippen molar-refractivity contribution in [3.05, 3.63) is 85.9 Å². The highest BCUT2D eigenvalue weighted by molar-refractivity contribution is 6.35. The Labute approximate surface area is 187 Å². The zero-order valence-electron chi connectivity index (χ0n) is 14.9. The number of aromatic nitrogens is 2. The van der Waals surface area contributed by atoms with Crippen LogP contribution in [0.1, 0.15) is 12.0 Å². The van der Waals surface area contributed by atoms with Gasteiger partial charge in [0.05, 0.1) is 12.9 Å². The van der Waals surface area contributed by atoms with Crippen LogP contribution in [0.25, 0.3) is 0 Å². The molecule has 1 aliphatic rings. The van der Waals surface area contributed by atoms with Crippen LogP contribution in [0.3, 0.4) is 0 Å². The van der Waals surface area contributed by atoms with Crippen LogP contribution in [-0.4, -0.2) is 24.9 Å². The highest BCUT2D eigenvalue weighted by Gasteiger charge is 2.36. The van der Waals surface area contributed by atoms with Gasteiger partial charge in [-0.25, -0.2) is 4.98 Å². The first-order valence-corrected chi connectivity index (χ1v) is 9.83. The number of hydrogen-bond donors (Lipinski definition) is 1. The van der Waals surface area contributed by atoms with E-state index in [1.807, 2.05) is 29.0 Å². The van der Waals surface area contributed by atoms with Crippen molar-refractivity contribution >= 4 is 46.4 Å². The average molecular weight is 481 g/mol. The number of halogens is 4. The quantitative estimate of drug-likeness (QED) is 0.325. The van der Waals surface area contributed by atoms with E-state index in [0.29, 0.717) is 15.1 Å². The molecule has 3 rings (SSSR count). The topological polar surface area (TPSA) is 90.4 Å². The third-order valence-corrected chi connectivity index (χ3v) is 5.37. The summed E-state index contributed by atoms with van der Waals surface area (Å²) in [5.41, 5.74) is 0.818. The minimum absolute atomic E-state index is 0.0369. The van der Waals surface area contributed by atoms with Crippen LogP contribution in [0.5, 0.6) is 0 Å². The van der Waals surface area contributed by atoms with Crippen molar-refractivity contribution in [2.45, 2.75) is 24.6 Å². The smallest absolute Gasteiger partial charge is 0.291 e. The first kappa shape index (κ1) is 23.5. The molecule has 0 amide bonds. The van der Waals surface area contributed by atoms with E-state index in [1.165, 1.54) is 0 Å². The Hall–Kier alpha value is -1.77. The number of ether oxygens (including phenoxy) is 1. The maximum absolute atomic E-state index is 8.36. The summed E-state index contributed by atoms with van der Waals surface area (Å²) in [5, 5.41) is 14.3. The molecule has 1 aromatic carbocycles. The molecule has 1 heterocycles. The summed E-state index contributed by atoms with van der Waals surface area (Å²) in [7, 11) is 0. The van der Waals surface area contributed by atoms with Crippen molar-refractivity contribution in [2.24, 2.45) is 5.92 Å². The normalized spacial score (nSPS) is 20.6. The fourth-order valence-electron chi connectivity index (χ4n) is 2.66. The van der Waals surface area contributed by atoms with Gasteiger partial charge in [0.25, 0.3) is 5.09 Å². The number of rotatable bonds is 6. The van der Waals surface area contributed by atoms with Gasteiger partial charge in [-0.15, -0.1) is 10.1 Å². The zero-order valence-corrected chi connectivity index (χ0v) is 17.9. The molecule has 0 aliphatic heterocycles. The van der Waals surface area contributed by atoms with E-state index in [4.69, 9.17) is 66.5 Å². The summed E-state index contributed by atoms with van der Waals surface area (Å²) < 4.78 is 8.03. The summed E-state index contributed by atoms with van der Waals surface area (Å²) in [5.74, 6) is -0.0369. The van der Waals surface area contributed by atoms with E-state index in [2.05, 4.69) is 4.98 Å². The summed E-state index contributed by atoms with van der Waals surface area (Å²) in [6.45, 7) is 1.04. The third-order valence-electron chi connectivity index (χ3n) is 4.05. The van der Waals surface area contributed by atoms with Crippen LogP contribution in [0.4, 0.5) is 0 Å². The Kier molecular flexibility index (Phi) is 8.79. The second-order valence-corrected chi connectivity index (χ2v) is 7.91. The van der Waals surface area contributed by atoms with Crippen LogP contribution in [0.2, 0.25) is 10.0 Å². The summed E-state index contributed by atoms with van der Waals surface area (Å²) in [6.07, 6.45) is 11.8. The molecule has 2 unspecified atom stereocenters. The van der Waals surface area contributed by atoms with Crippen LogP contribution < -0.4 is 0 Å². The van der Waals surface area contributed by atoms with Crippen LogP contribution >= 0.6 is 46.4 Å². The van der Waals surface area contributed by atoms with Gasteiger partial charge >= 0.3 is 0 Å². The van der Waals surface area contributed by atoms with E-state index in [1.54, 1.807) is 30.7 Å². The minimum Gasteiger partial charge on any atom is -0.351 e. The Balaban J connectivity index is 0.000000687. The van der Waals surface area contributed by atoms with E-state index >= 15 is 0 Å². The average Bonchev–Trinajstić information content (AvgIpc) is 3.13. The standard InChI is InChI=1S/C18H16Cl4N2O.HNO3/c19-15-3-1-13(17(21)9-15)11-25-18(22)10-16(20)4-2-14(18)5-7-24-8-6-23-12-24;2-1(3)4/h1-4,6,8-10,12,14H,5,7,11H2;(H,2,3,4). The number of benzene rings is 1. The fourth-order valence-corrected chi connectivity index (χ4v) is 3.77. The molecule has 0 saturated heterocycles. The first-order valence-electron chi connectivity index (χ1n) is 8.32. The molecular formula is C18H17Cl4N3O4. The summed E-state index contributed by atoms with van der Waals surface area (Å²) in [4.78, 5) is 12.4. The molecule has 29 heavy (non-hydrogen) atoms. The van der Waals surface area contributed by atoms with E-state index in [9.17, 15) is 0 Å². The number of imidazole rings is 1. The molecule has 156 valence electrons. The highest BCUT2D eigenvalue weighted by Crippen LogP contribution is 2.39. The molecule has 0 bridgehead atoms. The SMILES string of the molecule is ClC1=CC(Cl)(OCc2ccc(Cl)cc2Cl)C(CCn2ccnc2)C=C1.O=[N+]([O-])O. The van der Waals surface area contributed by atoms with Gasteiger partial charge in [-0.1, -0.05) is 58.5 Å². The maximum atomic E-state index is 8.36. The van der Waals surface area contributed by atoms with Crippen LogP contribution in [0.15, 0.2) is 60.2 Å². The van der Waals surface area contributed by atoms with Crippen molar-refractivity contribution in [2.75, 3.05) is 0 Å². The molecule has 0 fully saturated rings. The number of allylic oxidation sites excluding steroid dienone is 2. The van der Waals surface area contributed by atoms with Crippen molar-refractivity contribution < 1.29 is 15.0 Å². The van der Waals surface area contributed by atoms with Gasteiger partial charge in [0.2, 0.25) is 0 Å². The monoisotopic (exact) mass is 479 g/mol. The van der Waals surface area contributed by atoms with Gasteiger partial charge in [0, 0.05) is 39.9 Å². The van der Waals surface area contributed by atoms with Gasteiger partial charge in [-0.3, -0.25) is 0 Å². The van der Waals surface area contributed by atoms with Gasteiger partial charge in [-0.05, 0) is 36.3 Å². The largest absolute Gasteiger partial charge is 0.351 e. The number of aryl methyl sites for hydroxylation is 1. The fraction of sp³-hybridized carbons (Fsp3) is 0.278. The second-order valence-electron chi connectivity index (χ2n) is 6.04. The van der Waals surface area contributed by atoms with Crippen LogP contribution in [0, 0.1) is 16.0 Å². The van der Waals surface area contributed by atoms with E-state index < -0.39 is 10.1 Å². The molecule has 1 N–H and O–H groups in total. The lowest BCUT2D eigenvalue weighted by Crippen LogP contribution is -2.34. The Bertz CT molecular complexity index is 885. The molecule has 0 radical (unpaired) electrons. The Morgan fingerprint density at radius 1 is 1.34 bits per heavy atom. The first-order chi connectivity index (χ1) is 13.7. The van der Waals surface area contributed by atoms with Crippen LogP contribution in [-0.2, 0) is 17.9 Å². The molecule has 0 saturated carbocycles. The van der Waals surface area contributed by atoms with Gasteiger partial charge < -0.3 is 14.5 Å². The summed E-state index contributed by atoms with van der Waals surface area (Å²) >= 11 is 25.1. The molecule has 2 atom stereocenters. The van der Waals surface area contributed by atoms with Gasteiger partial charge in [-0.2, -0.15) is 0 Å².